The summed E-state index contributed by atoms with van der Waals surface area (Å²) in [5.41, 5.74) is 1.45. The van der Waals surface area contributed by atoms with Gasteiger partial charge in [-0.3, -0.25) is 4.79 Å². The summed E-state index contributed by atoms with van der Waals surface area (Å²) in [4.78, 5) is 34.1. The van der Waals surface area contributed by atoms with Crippen LogP contribution in [0.1, 0.15) is 62.5 Å². The highest BCUT2D eigenvalue weighted by Crippen LogP contribution is 2.34. The number of amides is 2. The van der Waals surface area contributed by atoms with Gasteiger partial charge in [0.1, 0.15) is 16.3 Å². The fraction of sp³-hybridized carbons (Fsp3) is 0.500. The molecule has 1 aromatic heterocycles. The van der Waals surface area contributed by atoms with Gasteiger partial charge in [0.15, 0.2) is 0 Å². The normalized spacial score (nSPS) is 17.0. The molecule has 8 heteroatoms. The van der Waals surface area contributed by atoms with Gasteiger partial charge in [-0.25, -0.2) is 9.78 Å². The number of rotatable bonds is 4. The van der Waals surface area contributed by atoms with Crippen LogP contribution in [0.4, 0.5) is 4.79 Å². The van der Waals surface area contributed by atoms with Gasteiger partial charge in [0.2, 0.25) is 0 Å². The SMILES string of the molecule is CC(C)(C)OC(=O)N1CCC(N(C(=O)c2csc(-c3ccc(C#N)cc3)n2)C2CC2)CC1. The Hall–Kier alpha value is -2.92. The molecule has 32 heavy (non-hydrogen) atoms. The van der Waals surface area contributed by atoms with Crippen molar-refractivity contribution in [3.8, 4) is 16.6 Å². The Morgan fingerprint density at radius 3 is 2.31 bits per heavy atom. The first-order valence-corrected chi connectivity index (χ1v) is 11.9. The summed E-state index contributed by atoms with van der Waals surface area (Å²) < 4.78 is 5.49. The molecular weight excluding hydrogens is 424 g/mol. The quantitative estimate of drug-likeness (QED) is 0.672. The number of nitriles is 1. The Kier molecular flexibility index (Phi) is 6.20. The third-order valence-corrected chi connectivity index (χ3v) is 6.56. The molecule has 0 bridgehead atoms. The maximum Gasteiger partial charge on any atom is 0.410 e. The van der Waals surface area contributed by atoms with E-state index < -0.39 is 5.60 Å². The summed E-state index contributed by atoms with van der Waals surface area (Å²) >= 11 is 1.44. The van der Waals surface area contributed by atoms with Gasteiger partial charge in [-0.15, -0.1) is 11.3 Å². The van der Waals surface area contributed by atoms with Gasteiger partial charge in [-0.1, -0.05) is 12.1 Å². The van der Waals surface area contributed by atoms with Crippen LogP contribution in [0.5, 0.6) is 0 Å². The molecule has 168 valence electrons. The van der Waals surface area contributed by atoms with Gasteiger partial charge in [0.05, 0.1) is 11.6 Å². The third-order valence-electron chi connectivity index (χ3n) is 5.67. The predicted octanol–water partition coefficient (Wildman–Crippen LogP) is 4.69. The Balaban J connectivity index is 1.43. The number of aromatic nitrogens is 1. The van der Waals surface area contributed by atoms with Gasteiger partial charge in [0, 0.05) is 36.1 Å². The molecule has 2 aromatic rings. The summed E-state index contributed by atoms with van der Waals surface area (Å²) in [6.07, 6.45) is 3.24. The van der Waals surface area contributed by atoms with Crippen LogP contribution in [0.15, 0.2) is 29.6 Å². The first-order valence-electron chi connectivity index (χ1n) is 11.0. The number of likely N-dealkylation sites (tertiary alicyclic amines) is 1. The predicted molar refractivity (Wildman–Crippen MR) is 122 cm³/mol. The summed E-state index contributed by atoms with van der Waals surface area (Å²) in [5, 5.41) is 11.6. The highest BCUT2D eigenvalue weighted by molar-refractivity contribution is 7.13. The first kappa shape index (κ1) is 22.3. The first-order chi connectivity index (χ1) is 15.2. The zero-order valence-electron chi connectivity index (χ0n) is 18.7. The zero-order valence-corrected chi connectivity index (χ0v) is 19.5. The van der Waals surface area contributed by atoms with Gasteiger partial charge in [-0.2, -0.15) is 5.26 Å². The lowest BCUT2D eigenvalue weighted by Crippen LogP contribution is -2.50. The lowest BCUT2D eigenvalue weighted by atomic mass is 10.0. The van der Waals surface area contributed by atoms with Crippen LogP contribution >= 0.6 is 11.3 Å². The van der Waals surface area contributed by atoms with Crippen LogP contribution in [0.3, 0.4) is 0 Å². The average molecular weight is 453 g/mol. The fourth-order valence-corrected chi connectivity index (χ4v) is 4.76. The maximum atomic E-state index is 13.4. The molecule has 2 heterocycles. The molecule has 4 rings (SSSR count). The number of hydrogen-bond donors (Lipinski definition) is 0. The molecule has 2 fully saturated rings. The molecule has 2 amide bonds. The van der Waals surface area contributed by atoms with E-state index in [1.807, 2.05) is 43.2 Å². The molecule has 1 aromatic carbocycles. The highest BCUT2D eigenvalue weighted by atomic mass is 32.1. The number of ether oxygens (including phenoxy) is 1. The van der Waals surface area contributed by atoms with E-state index in [9.17, 15) is 9.59 Å². The van der Waals surface area contributed by atoms with Gasteiger partial charge in [-0.05, 0) is 58.6 Å². The number of thiazole rings is 1. The van der Waals surface area contributed by atoms with Crippen LogP contribution in [-0.2, 0) is 4.74 Å². The highest BCUT2D eigenvalue weighted by Gasteiger charge is 2.40. The number of benzene rings is 1. The molecule has 0 spiro atoms. The van der Waals surface area contributed by atoms with Crippen molar-refractivity contribution in [3.63, 3.8) is 0 Å². The Bertz CT molecular complexity index is 1020. The third kappa shape index (κ3) is 5.10. The van der Waals surface area contributed by atoms with E-state index in [0.717, 1.165) is 36.3 Å². The van der Waals surface area contributed by atoms with E-state index in [2.05, 4.69) is 11.1 Å². The second-order valence-electron chi connectivity index (χ2n) is 9.37. The molecule has 7 nitrogen and oxygen atoms in total. The molecular formula is C24H28N4O3S. The molecule has 1 saturated carbocycles. The molecule has 0 unspecified atom stereocenters. The van der Waals surface area contributed by atoms with Gasteiger partial charge >= 0.3 is 6.09 Å². The summed E-state index contributed by atoms with van der Waals surface area (Å²) in [6, 6.07) is 9.71. The van der Waals surface area contributed by atoms with Crippen molar-refractivity contribution in [2.45, 2.75) is 64.1 Å². The van der Waals surface area contributed by atoms with Crippen LogP contribution in [0.2, 0.25) is 0 Å². The number of carbonyl (C=O) groups excluding carboxylic acids is 2. The summed E-state index contributed by atoms with van der Waals surface area (Å²) in [5.74, 6) is -0.0284. The lowest BCUT2D eigenvalue weighted by Gasteiger charge is -2.38. The minimum absolute atomic E-state index is 0.0284. The monoisotopic (exact) mass is 452 g/mol. The van der Waals surface area contributed by atoms with Gasteiger partial charge < -0.3 is 14.5 Å². The number of carbonyl (C=O) groups is 2. The van der Waals surface area contributed by atoms with Crippen molar-refractivity contribution in [2.75, 3.05) is 13.1 Å². The Labute approximate surface area is 192 Å². The largest absolute Gasteiger partial charge is 0.444 e. The molecule has 1 saturated heterocycles. The minimum atomic E-state index is -0.513. The second kappa shape index (κ2) is 8.91. The van der Waals surface area contributed by atoms with E-state index in [0.29, 0.717) is 24.3 Å². The number of hydrogen-bond acceptors (Lipinski definition) is 6. The van der Waals surface area contributed by atoms with E-state index >= 15 is 0 Å². The Morgan fingerprint density at radius 2 is 1.75 bits per heavy atom. The molecule has 0 atom stereocenters. The van der Waals surface area contributed by atoms with Crippen LogP contribution in [0, 0.1) is 11.3 Å². The average Bonchev–Trinajstić information content (AvgIpc) is 3.47. The molecule has 0 N–H and O–H groups in total. The van der Waals surface area contributed by atoms with Crippen LogP contribution < -0.4 is 0 Å². The van der Waals surface area contributed by atoms with Crippen LogP contribution in [0.25, 0.3) is 10.6 Å². The van der Waals surface area contributed by atoms with Crippen molar-refractivity contribution in [3.05, 3.63) is 40.9 Å². The standard InChI is InChI=1S/C24H28N4O3S/c1-24(2,3)31-23(30)27-12-10-19(11-13-27)28(18-8-9-18)22(29)20-15-32-21(26-20)17-6-4-16(14-25)5-7-17/h4-7,15,18-19H,8-13H2,1-3H3. The zero-order chi connectivity index (χ0) is 22.9. The van der Waals surface area contributed by atoms with Crippen molar-refractivity contribution < 1.29 is 14.3 Å². The number of piperidine rings is 1. The molecule has 1 aliphatic heterocycles. The van der Waals surface area contributed by atoms with Gasteiger partial charge in [0.25, 0.3) is 5.91 Å². The van der Waals surface area contributed by atoms with E-state index in [1.165, 1.54) is 11.3 Å². The lowest BCUT2D eigenvalue weighted by molar-refractivity contribution is 0.0141. The smallest absolute Gasteiger partial charge is 0.410 e. The minimum Gasteiger partial charge on any atom is -0.444 e. The van der Waals surface area contributed by atoms with Crippen molar-refractivity contribution in [1.29, 1.82) is 5.26 Å². The van der Waals surface area contributed by atoms with Crippen molar-refractivity contribution in [2.24, 2.45) is 0 Å². The van der Waals surface area contributed by atoms with E-state index in [-0.39, 0.29) is 24.1 Å². The molecule has 1 aliphatic carbocycles. The summed E-state index contributed by atoms with van der Waals surface area (Å²) in [7, 11) is 0. The van der Waals surface area contributed by atoms with Crippen LogP contribution in [-0.4, -0.2) is 57.6 Å². The number of nitrogens with zero attached hydrogens (tertiary/aromatic N) is 4. The maximum absolute atomic E-state index is 13.4. The van der Waals surface area contributed by atoms with E-state index in [4.69, 9.17) is 10.00 Å². The fourth-order valence-electron chi connectivity index (χ4n) is 3.96. The van der Waals surface area contributed by atoms with Crippen molar-refractivity contribution >= 4 is 23.3 Å². The van der Waals surface area contributed by atoms with E-state index in [1.54, 1.807) is 17.0 Å². The molecule has 2 aliphatic rings. The summed E-state index contributed by atoms with van der Waals surface area (Å²) in [6.45, 7) is 6.77. The Morgan fingerprint density at radius 1 is 1.12 bits per heavy atom. The molecule has 0 radical (unpaired) electrons. The van der Waals surface area contributed by atoms with Crippen molar-refractivity contribution in [1.82, 2.24) is 14.8 Å². The topological polar surface area (TPSA) is 86.5 Å². The second-order valence-corrected chi connectivity index (χ2v) is 10.2.